The second-order valence-electron chi connectivity index (χ2n) is 3.75. The van der Waals surface area contributed by atoms with Gasteiger partial charge in [-0.3, -0.25) is 0 Å². The van der Waals surface area contributed by atoms with E-state index >= 15 is 0 Å². The molecule has 0 aromatic rings. The predicted octanol–water partition coefficient (Wildman–Crippen LogP) is 3.75. The van der Waals surface area contributed by atoms with E-state index in [2.05, 4.69) is 39.2 Å². The largest absolute Gasteiger partial charge is 0.330 e. The van der Waals surface area contributed by atoms with Crippen molar-refractivity contribution < 1.29 is 0 Å². The van der Waals surface area contributed by atoms with Crippen LogP contribution in [0, 0.1) is 0 Å². The second kappa shape index (κ2) is 7.24. The lowest BCUT2D eigenvalue weighted by molar-refractivity contribution is 0.997. The fourth-order valence-electron chi connectivity index (χ4n) is 1.40. The molecule has 0 fully saturated rings. The van der Waals surface area contributed by atoms with Gasteiger partial charge in [-0.1, -0.05) is 37.8 Å². The van der Waals surface area contributed by atoms with Crippen molar-refractivity contribution >= 4 is 0 Å². The summed E-state index contributed by atoms with van der Waals surface area (Å²) in [6.07, 6.45) is 6.28. The lowest BCUT2D eigenvalue weighted by atomic mass is 9.94. The van der Waals surface area contributed by atoms with Crippen molar-refractivity contribution in [1.82, 2.24) is 0 Å². The van der Waals surface area contributed by atoms with Crippen LogP contribution in [-0.4, -0.2) is 6.54 Å². The first kappa shape index (κ1) is 13.9. The fraction of sp³-hybridized carbons (Fsp3) is 0.429. The van der Waals surface area contributed by atoms with Gasteiger partial charge in [-0.25, -0.2) is 0 Å². The molecule has 0 rings (SSSR count). The zero-order valence-electron chi connectivity index (χ0n) is 10.3. The van der Waals surface area contributed by atoms with E-state index in [9.17, 15) is 0 Å². The molecule has 0 saturated carbocycles. The monoisotopic (exact) mass is 205 g/mol. The molecule has 0 amide bonds. The van der Waals surface area contributed by atoms with Crippen molar-refractivity contribution in [1.29, 1.82) is 0 Å². The van der Waals surface area contributed by atoms with E-state index in [0.717, 1.165) is 24.0 Å². The van der Waals surface area contributed by atoms with E-state index in [4.69, 9.17) is 5.73 Å². The third-order valence-corrected chi connectivity index (χ3v) is 2.29. The van der Waals surface area contributed by atoms with Gasteiger partial charge in [0.25, 0.3) is 0 Å². The molecule has 0 aliphatic carbocycles. The highest BCUT2D eigenvalue weighted by Gasteiger charge is 2.04. The smallest absolute Gasteiger partial charge is 0.00423 e. The van der Waals surface area contributed by atoms with E-state index in [0.29, 0.717) is 6.54 Å². The fourth-order valence-corrected chi connectivity index (χ4v) is 1.40. The second-order valence-corrected chi connectivity index (χ2v) is 3.75. The van der Waals surface area contributed by atoms with Crippen molar-refractivity contribution in [2.24, 2.45) is 5.73 Å². The Hall–Kier alpha value is -1.08. The Labute approximate surface area is 94.1 Å². The first-order chi connectivity index (χ1) is 7.04. The minimum atomic E-state index is 0.673. The van der Waals surface area contributed by atoms with Crippen LogP contribution in [0.2, 0.25) is 0 Å². The third kappa shape index (κ3) is 4.80. The van der Waals surface area contributed by atoms with Crippen LogP contribution < -0.4 is 5.73 Å². The summed E-state index contributed by atoms with van der Waals surface area (Å²) in [7, 11) is 0. The highest BCUT2D eigenvalue weighted by atomic mass is 14.5. The number of hydrogen-bond acceptors (Lipinski definition) is 1. The molecule has 0 aromatic carbocycles. The summed E-state index contributed by atoms with van der Waals surface area (Å²) >= 11 is 0. The molecule has 0 aliphatic rings. The molecular formula is C14H23N. The maximum atomic E-state index is 5.51. The average Bonchev–Trinajstić information content (AvgIpc) is 2.18. The van der Waals surface area contributed by atoms with Gasteiger partial charge in [0.05, 0.1) is 0 Å². The molecule has 15 heavy (non-hydrogen) atoms. The summed E-state index contributed by atoms with van der Waals surface area (Å²) in [5, 5.41) is 0. The van der Waals surface area contributed by atoms with Crippen LogP contribution >= 0.6 is 0 Å². The molecule has 0 saturated heterocycles. The summed E-state index contributed by atoms with van der Waals surface area (Å²) in [6.45, 7) is 14.9. The predicted molar refractivity (Wildman–Crippen MR) is 69.8 cm³/mol. The molecule has 1 nitrogen and oxygen atoms in total. The van der Waals surface area contributed by atoms with Crippen molar-refractivity contribution in [3.8, 4) is 0 Å². The number of nitrogens with two attached hydrogens (primary N) is 1. The molecule has 0 aromatic heterocycles. The van der Waals surface area contributed by atoms with Crippen LogP contribution in [0.3, 0.4) is 0 Å². The zero-order chi connectivity index (χ0) is 11.8. The Kier molecular flexibility index (Phi) is 6.72. The van der Waals surface area contributed by atoms with Crippen molar-refractivity contribution in [3.63, 3.8) is 0 Å². The van der Waals surface area contributed by atoms with E-state index in [1.54, 1.807) is 0 Å². The van der Waals surface area contributed by atoms with Gasteiger partial charge in [0, 0.05) is 0 Å². The van der Waals surface area contributed by atoms with E-state index in [-0.39, 0.29) is 0 Å². The number of allylic oxidation sites excluding steroid dienone is 5. The highest BCUT2D eigenvalue weighted by molar-refractivity contribution is 5.52. The van der Waals surface area contributed by atoms with E-state index in [1.807, 2.05) is 6.92 Å². The van der Waals surface area contributed by atoms with Crippen LogP contribution in [0.4, 0.5) is 0 Å². The average molecular weight is 205 g/mol. The standard InChI is InChI=1S/C14H23N/c1-6-8-12(4)14(9-7-10-15)13(5)11(2)3/h8-9H,2,5-7,10,15H2,1,3-4H3/b12-8-,14-9+. The third-order valence-electron chi connectivity index (χ3n) is 2.29. The topological polar surface area (TPSA) is 26.0 Å². The summed E-state index contributed by atoms with van der Waals surface area (Å²) < 4.78 is 0. The Morgan fingerprint density at radius 1 is 1.20 bits per heavy atom. The lowest BCUT2D eigenvalue weighted by Crippen LogP contribution is -1.98. The van der Waals surface area contributed by atoms with Crippen LogP contribution in [-0.2, 0) is 0 Å². The summed E-state index contributed by atoms with van der Waals surface area (Å²) in [4.78, 5) is 0. The Bertz CT molecular complexity index is 292. The van der Waals surface area contributed by atoms with Crippen LogP contribution in [0.25, 0.3) is 0 Å². The quantitative estimate of drug-likeness (QED) is 0.657. The van der Waals surface area contributed by atoms with Crippen LogP contribution in [0.15, 0.2) is 47.6 Å². The van der Waals surface area contributed by atoms with Gasteiger partial charge < -0.3 is 5.73 Å². The van der Waals surface area contributed by atoms with Crippen molar-refractivity contribution in [2.45, 2.75) is 33.6 Å². The maximum Gasteiger partial charge on any atom is -0.00423 e. The SMILES string of the molecule is C=C(C)C(=C)C(=C/CCN)/C(C)=C\CC. The van der Waals surface area contributed by atoms with Gasteiger partial charge in [0.2, 0.25) is 0 Å². The minimum absolute atomic E-state index is 0.673. The minimum Gasteiger partial charge on any atom is -0.330 e. The van der Waals surface area contributed by atoms with Crippen molar-refractivity contribution in [2.75, 3.05) is 6.54 Å². The Balaban J connectivity index is 4.97. The summed E-state index contributed by atoms with van der Waals surface area (Å²) in [5.74, 6) is 0. The molecule has 0 spiro atoms. The summed E-state index contributed by atoms with van der Waals surface area (Å²) in [6, 6.07) is 0. The lowest BCUT2D eigenvalue weighted by Gasteiger charge is -2.11. The molecule has 0 unspecified atom stereocenters. The van der Waals surface area contributed by atoms with Gasteiger partial charge in [-0.15, -0.1) is 0 Å². The van der Waals surface area contributed by atoms with Crippen LogP contribution in [0.5, 0.6) is 0 Å². The Morgan fingerprint density at radius 3 is 2.20 bits per heavy atom. The van der Waals surface area contributed by atoms with E-state index < -0.39 is 0 Å². The maximum absolute atomic E-state index is 5.51. The Morgan fingerprint density at radius 2 is 1.80 bits per heavy atom. The molecule has 0 heterocycles. The number of hydrogen-bond donors (Lipinski definition) is 1. The molecule has 0 bridgehead atoms. The molecule has 2 N–H and O–H groups in total. The first-order valence-electron chi connectivity index (χ1n) is 5.47. The van der Waals surface area contributed by atoms with Gasteiger partial charge in [-0.2, -0.15) is 0 Å². The van der Waals surface area contributed by atoms with Crippen molar-refractivity contribution in [3.05, 3.63) is 47.6 Å². The molecule has 0 aliphatic heterocycles. The zero-order valence-corrected chi connectivity index (χ0v) is 10.3. The number of rotatable bonds is 6. The summed E-state index contributed by atoms with van der Waals surface area (Å²) in [5.41, 5.74) is 10.00. The van der Waals surface area contributed by atoms with Gasteiger partial charge >= 0.3 is 0 Å². The molecule has 0 atom stereocenters. The van der Waals surface area contributed by atoms with Gasteiger partial charge in [0.15, 0.2) is 0 Å². The normalized spacial score (nSPS) is 12.8. The molecule has 0 radical (unpaired) electrons. The molecule has 84 valence electrons. The van der Waals surface area contributed by atoms with Gasteiger partial charge in [-0.05, 0) is 50.0 Å². The highest BCUT2D eigenvalue weighted by Crippen LogP contribution is 2.23. The van der Waals surface area contributed by atoms with Crippen LogP contribution in [0.1, 0.15) is 33.6 Å². The molecule has 1 heteroatoms. The van der Waals surface area contributed by atoms with Gasteiger partial charge in [0.1, 0.15) is 0 Å². The molecular weight excluding hydrogens is 182 g/mol. The first-order valence-corrected chi connectivity index (χ1v) is 5.47. The van der Waals surface area contributed by atoms with E-state index in [1.165, 1.54) is 11.1 Å².